The molecule has 0 heterocycles. The fourth-order valence-electron chi connectivity index (χ4n) is 2.39. The van der Waals surface area contributed by atoms with Crippen LogP contribution in [0.3, 0.4) is 0 Å². The number of aryl methyl sites for hydroxylation is 2. The highest BCUT2D eigenvalue weighted by Gasteiger charge is 2.12. The van der Waals surface area contributed by atoms with Gasteiger partial charge in [0.15, 0.2) is 6.61 Å². The quantitative estimate of drug-likeness (QED) is 0.682. The molecular weight excluding hydrogens is 360 g/mol. The van der Waals surface area contributed by atoms with Gasteiger partial charge >= 0.3 is 5.97 Å². The zero-order valence-electron chi connectivity index (χ0n) is 16.2. The molecule has 0 aliphatic rings. The Morgan fingerprint density at radius 2 is 1.61 bits per heavy atom. The fourth-order valence-corrected chi connectivity index (χ4v) is 2.39. The van der Waals surface area contributed by atoms with Crippen LogP contribution in [0.2, 0.25) is 0 Å². The zero-order chi connectivity index (χ0) is 20.5. The Morgan fingerprint density at radius 1 is 0.893 bits per heavy atom. The average molecular weight is 384 g/mol. The summed E-state index contributed by atoms with van der Waals surface area (Å²) >= 11 is 0. The van der Waals surface area contributed by atoms with Crippen molar-refractivity contribution in [1.82, 2.24) is 0 Å². The maximum atomic E-state index is 11.9. The van der Waals surface area contributed by atoms with Crippen LogP contribution in [0, 0.1) is 13.8 Å². The van der Waals surface area contributed by atoms with Gasteiger partial charge in [0.25, 0.3) is 5.91 Å². The first-order chi connectivity index (χ1) is 13.4. The SMILES string of the molecule is COc1ccc(NC(=O)CCC(=O)OCC(=O)Nc2cc(C)ccc2C)cc1. The van der Waals surface area contributed by atoms with Gasteiger partial charge in [0.1, 0.15) is 5.75 Å². The predicted octanol–water partition coefficient (Wildman–Crippen LogP) is 3.21. The molecule has 7 nitrogen and oxygen atoms in total. The Labute approximate surface area is 164 Å². The van der Waals surface area contributed by atoms with Gasteiger partial charge in [-0.15, -0.1) is 0 Å². The summed E-state index contributed by atoms with van der Waals surface area (Å²) in [5.74, 6) is -0.673. The molecule has 0 aliphatic heterocycles. The van der Waals surface area contributed by atoms with Gasteiger partial charge in [-0.25, -0.2) is 0 Å². The smallest absolute Gasteiger partial charge is 0.306 e. The van der Waals surface area contributed by atoms with Crippen molar-refractivity contribution in [2.75, 3.05) is 24.4 Å². The van der Waals surface area contributed by atoms with Crippen molar-refractivity contribution >= 4 is 29.2 Å². The summed E-state index contributed by atoms with van der Waals surface area (Å²) in [5.41, 5.74) is 3.22. The van der Waals surface area contributed by atoms with Gasteiger partial charge in [-0.3, -0.25) is 14.4 Å². The number of nitrogens with one attached hydrogen (secondary N) is 2. The van der Waals surface area contributed by atoms with E-state index in [0.29, 0.717) is 17.1 Å². The van der Waals surface area contributed by atoms with Crippen LogP contribution >= 0.6 is 0 Å². The van der Waals surface area contributed by atoms with E-state index in [0.717, 1.165) is 11.1 Å². The molecular formula is C21H24N2O5. The van der Waals surface area contributed by atoms with E-state index in [1.54, 1.807) is 31.4 Å². The van der Waals surface area contributed by atoms with E-state index >= 15 is 0 Å². The molecule has 0 fully saturated rings. The minimum absolute atomic E-state index is 0.0382. The van der Waals surface area contributed by atoms with Gasteiger partial charge < -0.3 is 20.1 Å². The minimum Gasteiger partial charge on any atom is -0.497 e. The first kappa shape index (κ1) is 21.0. The number of ether oxygens (including phenoxy) is 2. The van der Waals surface area contributed by atoms with Crippen molar-refractivity contribution in [2.45, 2.75) is 26.7 Å². The van der Waals surface area contributed by atoms with Gasteiger partial charge in [0.05, 0.1) is 13.5 Å². The Balaban J connectivity index is 1.70. The average Bonchev–Trinajstić information content (AvgIpc) is 2.68. The number of benzene rings is 2. The molecule has 0 saturated heterocycles. The third-order valence-electron chi connectivity index (χ3n) is 3.96. The lowest BCUT2D eigenvalue weighted by molar-refractivity contribution is -0.147. The summed E-state index contributed by atoms with van der Waals surface area (Å²) in [4.78, 5) is 35.6. The Bertz CT molecular complexity index is 846. The molecule has 0 saturated carbocycles. The van der Waals surface area contributed by atoms with Crippen LogP contribution in [-0.2, 0) is 19.1 Å². The van der Waals surface area contributed by atoms with E-state index in [-0.39, 0.29) is 18.7 Å². The van der Waals surface area contributed by atoms with Crippen LogP contribution in [0.25, 0.3) is 0 Å². The largest absolute Gasteiger partial charge is 0.497 e. The van der Waals surface area contributed by atoms with E-state index in [1.807, 2.05) is 32.0 Å². The van der Waals surface area contributed by atoms with E-state index in [9.17, 15) is 14.4 Å². The number of carbonyl (C=O) groups is 3. The second kappa shape index (κ2) is 10.1. The minimum atomic E-state index is -0.610. The summed E-state index contributed by atoms with van der Waals surface area (Å²) in [5, 5.41) is 5.38. The van der Waals surface area contributed by atoms with Gasteiger partial charge in [-0.05, 0) is 55.3 Å². The number of methoxy groups -OCH3 is 1. The molecule has 0 bridgehead atoms. The van der Waals surface area contributed by atoms with Crippen molar-refractivity contribution in [3.63, 3.8) is 0 Å². The molecule has 0 aliphatic carbocycles. The first-order valence-corrected chi connectivity index (χ1v) is 8.84. The maximum Gasteiger partial charge on any atom is 0.306 e. The molecule has 0 atom stereocenters. The number of hydrogen-bond donors (Lipinski definition) is 2. The van der Waals surface area contributed by atoms with Crippen LogP contribution < -0.4 is 15.4 Å². The Hall–Kier alpha value is -3.35. The summed E-state index contributed by atoms with van der Waals surface area (Å²) in [6.45, 7) is 3.40. The summed E-state index contributed by atoms with van der Waals surface area (Å²) in [7, 11) is 1.56. The van der Waals surface area contributed by atoms with Crippen molar-refractivity contribution in [3.8, 4) is 5.75 Å². The van der Waals surface area contributed by atoms with Crippen LogP contribution in [-0.4, -0.2) is 31.5 Å². The Kier molecular flexibility index (Phi) is 7.56. The highest BCUT2D eigenvalue weighted by atomic mass is 16.5. The first-order valence-electron chi connectivity index (χ1n) is 8.84. The van der Waals surface area contributed by atoms with Crippen LogP contribution in [0.5, 0.6) is 5.75 Å². The van der Waals surface area contributed by atoms with Crippen LogP contribution in [0.4, 0.5) is 11.4 Å². The van der Waals surface area contributed by atoms with Gasteiger partial charge in [-0.1, -0.05) is 12.1 Å². The van der Waals surface area contributed by atoms with E-state index in [1.165, 1.54) is 0 Å². The molecule has 0 unspecified atom stereocenters. The fraction of sp³-hybridized carbons (Fsp3) is 0.286. The van der Waals surface area contributed by atoms with Crippen molar-refractivity contribution in [2.24, 2.45) is 0 Å². The van der Waals surface area contributed by atoms with Crippen LogP contribution in [0.1, 0.15) is 24.0 Å². The number of rotatable bonds is 8. The van der Waals surface area contributed by atoms with E-state index < -0.39 is 18.5 Å². The maximum absolute atomic E-state index is 11.9. The number of anilines is 2. The number of carbonyl (C=O) groups excluding carboxylic acids is 3. The number of amides is 2. The molecule has 2 rings (SSSR count). The van der Waals surface area contributed by atoms with Gasteiger partial charge in [0, 0.05) is 17.8 Å². The monoisotopic (exact) mass is 384 g/mol. The van der Waals surface area contributed by atoms with E-state index in [2.05, 4.69) is 10.6 Å². The molecule has 2 aromatic carbocycles. The third kappa shape index (κ3) is 6.75. The van der Waals surface area contributed by atoms with E-state index in [4.69, 9.17) is 9.47 Å². The molecule has 0 aromatic heterocycles. The summed E-state index contributed by atoms with van der Waals surface area (Å²) in [6.07, 6.45) is -0.151. The van der Waals surface area contributed by atoms with Crippen LogP contribution in [0.15, 0.2) is 42.5 Å². The van der Waals surface area contributed by atoms with Gasteiger partial charge in [0.2, 0.25) is 5.91 Å². The second-order valence-corrected chi connectivity index (χ2v) is 6.30. The molecule has 0 radical (unpaired) electrons. The normalized spacial score (nSPS) is 10.1. The molecule has 2 amide bonds. The van der Waals surface area contributed by atoms with Crippen molar-refractivity contribution < 1.29 is 23.9 Å². The van der Waals surface area contributed by atoms with Gasteiger partial charge in [-0.2, -0.15) is 0 Å². The highest BCUT2D eigenvalue weighted by Crippen LogP contribution is 2.16. The molecule has 2 aromatic rings. The summed E-state index contributed by atoms with van der Waals surface area (Å²) in [6, 6.07) is 12.5. The lowest BCUT2D eigenvalue weighted by atomic mass is 10.1. The topological polar surface area (TPSA) is 93.7 Å². The lowest BCUT2D eigenvalue weighted by Crippen LogP contribution is -2.22. The number of esters is 1. The summed E-state index contributed by atoms with van der Waals surface area (Å²) < 4.78 is 9.97. The lowest BCUT2D eigenvalue weighted by Gasteiger charge is -2.10. The predicted molar refractivity (Wildman–Crippen MR) is 106 cm³/mol. The molecule has 28 heavy (non-hydrogen) atoms. The molecule has 0 spiro atoms. The third-order valence-corrected chi connectivity index (χ3v) is 3.96. The number of hydrogen-bond acceptors (Lipinski definition) is 5. The Morgan fingerprint density at radius 3 is 2.29 bits per heavy atom. The van der Waals surface area contributed by atoms with Crippen molar-refractivity contribution in [3.05, 3.63) is 53.6 Å². The second-order valence-electron chi connectivity index (χ2n) is 6.30. The standard InChI is InChI=1S/C21H24N2O5/c1-14-4-5-15(2)18(12-14)23-20(25)13-28-21(26)11-10-19(24)22-16-6-8-17(27-3)9-7-16/h4-9,12H,10-11,13H2,1-3H3,(H,22,24)(H,23,25). The van der Waals surface area contributed by atoms with Crippen molar-refractivity contribution in [1.29, 1.82) is 0 Å². The highest BCUT2D eigenvalue weighted by molar-refractivity contribution is 5.94. The molecule has 2 N–H and O–H groups in total. The zero-order valence-corrected chi connectivity index (χ0v) is 16.2. The molecule has 7 heteroatoms. The molecule has 148 valence electrons.